The maximum absolute atomic E-state index is 2.44. The van der Waals surface area contributed by atoms with E-state index in [1.165, 1.54) is 43.4 Å². The Bertz CT molecular complexity index is 225. The molecule has 0 aromatic rings. The Balaban J connectivity index is 2.23. The van der Waals surface area contributed by atoms with Crippen molar-refractivity contribution in [2.75, 3.05) is 13.1 Å². The largest absolute Gasteiger partial charge is 0.373 e. The van der Waals surface area contributed by atoms with Crippen LogP contribution in [0.5, 0.6) is 0 Å². The lowest BCUT2D eigenvalue weighted by molar-refractivity contribution is 0.382. The Kier molecular flexibility index (Phi) is 4.78. The van der Waals surface area contributed by atoms with Gasteiger partial charge in [-0.15, -0.1) is 0 Å². The molecule has 0 fully saturated rings. The van der Waals surface area contributed by atoms with Crippen molar-refractivity contribution in [3.8, 4) is 0 Å². The fourth-order valence-electron chi connectivity index (χ4n) is 2.01. The molecule has 0 bridgehead atoms. The molecule has 80 valence electrons. The summed E-state index contributed by atoms with van der Waals surface area (Å²) in [6.45, 7) is 9.01. The zero-order valence-electron chi connectivity index (χ0n) is 9.84. The van der Waals surface area contributed by atoms with E-state index < -0.39 is 0 Å². The topological polar surface area (TPSA) is 3.24 Å². The summed E-state index contributed by atoms with van der Waals surface area (Å²) in [5, 5.41) is 0. The molecule has 1 aliphatic heterocycles. The Morgan fingerprint density at radius 3 is 2.64 bits per heavy atom. The molecule has 1 heterocycles. The normalized spacial score (nSPS) is 16.6. The van der Waals surface area contributed by atoms with Crippen LogP contribution in [0.2, 0.25) is 0 Å². The Hall–Kier alpha value is -0.720. The minimum atomic E-state index is 1.13. The molecule has 0 N–H and O–H groups in total. The first-order valence-electron chi connectivity index (χ1n) is 5.82. The van der Waals surface area contributed by atoms with Gasteiger partial charge in [0.2, 0.25) is 0 Å². The van der Waals surface area contributed by atoms with Gasteiger partial charge in [0.05, 0.1) is 0 Å². The van der Waals surface area contributed by atoms with Gasteiger partial charge in [0, 0.05) is 19.3 Å². The van der Waals surface area contributed by atoms with Crippen molar-refractivity contribution in [1.29, 1.82) is 0 Å². The van der Waals surface area contributed by atoms with E-state index in [2.05, 4.69) is 37.9 Å². The predicted molar refractivity (Wildman–Crippen MR) is 63.2 cm³/mol. The zero-order valence-corrected chi connectivity index (χ0v) is 9.84. The summed E-state index contributed by atoms with van der Waals surface area (Å²) >= 11 is 0. The second kappa shape index (κ2) is 5.90. The average Bonchev–Trinajstić information content (AvgIpc) is 2.11. The lowest BCUT2D eigenvalue weighted by Gasteiger charge is -2.25. The highest BCUT2D eigenvalue weighted by atomic mass is 15.1. The Morgan fingerprint density at radius 1 is 1.21 bits per heavy atom. The van der Waals surface area contributed by atoms with E-state index in [9.17, 15) is 0 Å². The lowest BCUT2D eigenvalue weighted by Crippen LogP contribution is -2.23. The standard InChI is InChI=1S/C13H23N/c1-4-5-6-7-8-14-10-12(2)9-13(3)11-14/h9-10H,4-8,11H2,1-3H3. The van der Waals surface area contributed by atoms with Gasteiger partial charge in [-0.3, -0.25) is 0 Å². The van der Waals surface area contributed by atoms with Crippen LogP contribution in [-0.2, 0) is 0 Å². The SMILES string of the molecule is CCCCCCN1C=C(C)C=C(C)C1. The highest BCUT2D eigenvalue weighted by molar-refractivity contribution is 5.25. The monoisotopic (exact) mass is 193 g/mol. The minimum Gasteiger partial charge on any atom is -0.373 e. The van der Waals surface area contributed by atoms with Gasteiger partial charge in [0.25, 0.3) is 0 Å². The Morgan fingerprint density at radius 2 is 2.00 bits per heavy atom. The van der Waals surface area contributed by atoms with Gasteiger partial charge in [-0.05, 0) is 25.8 Å². The zero-order chi connectivity index (χ0) is 10.4. The molecule has 0 radical (unpaired) electrons. The molecular formula is C13H23N. The number of hydrogen-bond acceptors (Lipinski definition) is 1. The molecule has 0 unspecified atom stereocenters. The number of allylic oxidation sites excluding steroid dienone is 2. The molecule has 0 aromatic carbocycles. The van der Waals surface area contributed by atoms with E-state index in [-0.39, 0.29) is 0 Å². The molecule has 1 rings (SSSR count). The number of unbranched alkanes of at least 4 members (excludes halogenated alkanes) is 3. The van der Waals surface area contributed by atoms with Crippen LogP contribution in [0.25, 0.3) is 0 Å². The van der Waals surface area contributed by atoms with Gasteiger partial charge in [-0.2, -0.15) is 0 Å². The molecule has 1 aliphatic rings. The molecular weight excluding hydrogens is 170 g/mol. The molecule has 0 amide bonds. The third kappa shape index (κ3) is 3.99. The van der Waals surface area contributed by atoms with Crippen LogP contribution in [0.15, 0.2) is 23.4 Å². The molecule has 0 spiro atoms. The van der Waals surface area contributed by atoms with Crippen molar-refractivity contribution in [2.24, 2.45) is 0 Å². The molecule has 1 heteroatoms. The van der Waals surface area contributed by atoms with Crippen LogP contribution in [0, 0.1) is 0 Å². The fraction of sp³-hybridized carbons (Fsp3) is 0.692. The summed E-state index contributed by atoms with van der Waals surface area (Å²) in [5.74, 6) is 0. The van der Waals surface area contributed by atoms with Crippen molar-refractivity contribution in [2.45, 2.75) is 46.5 Å². The van der Waals surface area contributed by atoms with E-state index in [4.69, 9.17) is 0 Å². The summed E-state index contributed by atoms with van der Waals surface area (Å²) < 4.78 is 0. The smallest absolute Gasteiger partial charge is 0.0384 e. The van der Waals surface area contributed by atoms with Gasteiger partial charge in [0.1, 0.15) is 0 Å². The summed E-state index contributed by atoms with van der Waals surface area (Å²) in [7, 11) is 0. The van der Waals surface area contributed by atoms with Crippen LogP contribution >= 0.6 is 0 Å². The number of nitrogens with zero attached hydrogens (tertiary/aromatic N) is 1. The number of rotatable bonds is 5. The molecule has 0 saturated carbocycles. The first-order chi connectivity index (χ1) is 6.72. The van der Waals surface area contributed by atoms with Gasteiger partial charge in [0.15, 0.2) is 0 Å². The quantitative estimate of drug-likeness (QED) is 0.601. The van der Waals surface area contributed by atoms with E-state index in [0.29, 0.717) is 0 Å². The van der Waals surface area contributed by atoms with E-state index in [1.807, 2.05) is 0 Å². The van der Waals surface area contributed by atoms with Crippen molar-refractivity contribution in [1.82, 2.24) is 4.90 Å². The van der Waals surface area contributed by atoms with Crippen LogP contribution in [0.1, 0.15) is 46.5 Å². The second-order valence-corrected chi connectivity index (χ2v) is 4.39. The predicted octanol–water partition coefficient (Wildman–Crippen LogP) is 3.73. The van der Waals surface area contributed by atoms with Crippen LogP contribution in [0.4, 0.5) is 0 Å². The van der Waals surface area contributed by atoms with Gasteiger partial charge >= 0.3 is 0 Å². The maximum atomic E-state index is 2.44. The molecule has 1 nitrogen and oxygen atoms in total. The van der Waals surface area contributed by atoms with Crippen molar-refractivity contribution >= 4 is 0 Å². The molecule has 14 heavy (non-hydrogen) atoms. The average molecular weight is 193 g/mol. The highest BCUT2D eigenvalue weighted by Gasteiger charge is 2.05. The lowest BCUT2D eigenvalue weighted by atomic mass is 10.1. The molecule has 0 aromatic heterocycles. The third-order valence-corrected chi connectivity index (χ3v) is 2.61. The van der Waals surface area contributed by atoms with E-state index in [0.717, 1.165) is 6.54 Å². The van der Waals surface area contributed by atoms with Crippen LogP contribution in [-0.4, -0.2) is 18.0 Å². The van der Waals surface area contributed by atoms with Crippen molar-refractivity contribution < 1.29 is 0 Å². The van der Waals surface area contributed by atoms with E-state index >= 15 is 0 Å². The molecule has 0 atom stereocenters. The van der Waals surface area contributed by atoms with Gasteiger partial charge in [-0.1, -0.05) is 37.8 Å². The summed E-state index contributed by atoms with van der Waals surface area (Å²) in [4.78, 5) is 2.44. The summed E-state index contributed by atoms with van der Waals surface area (Å²) in [5.41, 5.74) is 2.88. The summed E-state index contributed by atoms with van der Waals surface area (Å²) in [6, 6.07) is 0. The van der Waals surface area contributed by atoms with E-state index in [1.54, 1.807) is 0 Å². The molecule has 0 saturated heterocycles. The Labute approximate surface area is 88.5 Å². The second-order valence-electron chi connectivity index (χ2n) is 4.39. The molecule has 0 aliphatic carbocycles. The van der Waals surface area contributed by atoms with Gasteiger partial charge < -0.3 is 4.90 Å². The fourth-order valence-corrected chi connectivity index (χ4v) is 2.01. The highest BCUT2D eigenvalue weighted by Crippen LogP contribution is 2.13. The third-order valence-electron chi connectivity index (χ3n) is 2.61. The summed E-state index contributed by atoms with van der Waals surface area (Å²) in [6.07, 6.45) is 9.99. The van der Waals surface area contributed by atoms with Crippen LogP contribution < -0.4 is 0 Å². The van der Waals surface area contributed by atoms with Gasteiger partial charge in [-0.25, -0.2) is 0 Å². The van der Waals surface area contributed by atoms with Crippen molar-refractivity contribution in [3.63, 3.8) is 0 Å². The maximum Gasteiger partial charge on any atom is 0.0384 e. The van der Waals surface area contributed by atoms with Crippen molar-refractivity contribution in [3.05, 3.63) is 23.4 Å². The number of hydrogen-bond donors (Lipinski definition) is 0. The van der Waals surface area contributed by atoms with Crippen LogP contribution in [0.3, 0.4) is 0 Å². The first-order valence-corrected chi connectivity index (χ1v) is 5.82. The minimum absolute atomic E-state index is 1.13. The first kappa shape index (κ1) is 11.4.